The third-order valence-corrected chi connectivity index (χ3v) is 4.14. The van der Waals surface area contributed by atoms with Crippen LogP contribution in [0, 0.1) is 5.92 Å². The normalized spacial score (nSPS) is 21.5. The first-order valence-corrected chi connectivity index (χ1v) is 8.19. The Morgan fingerprint density at radius 3 is 3.05 bits per heavy atom. The zero-order chi connectivity index (χ0) is 15.8. The van der Waals surface area contributed by atoms with Gasteiger partial charge in [0.2, 0.25) is 11.5 Å². The molecule has 5 heteroatoms. The molecule has 0 aromatic carbocycles. The molecule has 1 aromatic rings. The summed E-state index contributed by atoms with van der Waals surface area (Å²) in [6.07, 6.45) is 7.31. The van der Waals surface area contributed by atoms with E-state index in [4.69, 9.17) is 4.74 Å². The van der Waals surface area contributed by atoms with Crippen LogP contribution in [-0.2, 0) is 16.1 Å². The highest BCUT2D eigenvalue weighted by atomic mass is 16.5. The second-order valence-electron chi connectivity index (χ2n) is 6.14. The predicted octanol–water partition coefficient (Wildman–Crippen LogP) is 1.95. The lowest BCUT2D eigenvalue weighted by Gasteiger charge is -2.26. The van der Waals surface area contributed by atoms with Gasteiger partial charge in [0, 0.05) is 25.4 Å². The van der Waals surface area contributed by atoms with Crippen molar-refractivity contribution >= 4 is 5.91 Å². The fourth-order valence-electron chi connectivity index (χ4n) is 2.90. The first-order chi connectivity index (χ1) is 10.6. The minimum Gasteiger partial charge on any atom is -0.368 e. The van der Waals surface area contributed by atoms with Crippen molar-refractivity contribution in [1.29, 1.82) is 0 Å². The SMILES string of the molecule is C[C@@H]1CCC[C@@H](OCC(=O)NCCCn2ccccc2=O)C1. The number of nitrogens with zero attached hydrogens (tertiary/aromatic N) is 1. The Balaban J connectivity index is 1.58. The second kappa shape index (κ2) is 8.73. The van der Waals surface area contributed by atoms with E-state index in [1.54, 1.807) is 16.8 Å². The van der Waals surface area contributed by atoms with Crippen LogP contribution in [0.2, 0.25) is 0 Å². The summed E-state index contributed by atoms with van der Waals surface area (Å²) < 4.78 is 7.33. The van der Waals surface area contributed by atoms with Crippen LogP contribution in [0.5, 0.6) is 0 Å². The summed E-state index contributed by atoms with van der Waals surface area (Å²) in [5.41, 5.74) is -0.0106. The Labute approximate surface area is 131 Å². The van der Waals surface area contributed by atoms with Gasteiger partial charge in [-0.25, -0.2) is 0 Å². The molecule has 122 valence electrons. The summed E-state index contributed by atoms with van der Waals surface area (Å²) in [6, 6.07) is 5.10. The summed E-state index contributed by atoms with van der Waals surface area (Å²) >= 11 is 0. The average molecular weight is 306 g/mol. The number of pyridine rings is 1. The van der Waals surface area contributed by atoms with Crippen molar-refractivity contribution < 1.29 is 9.53 Å². The van der Waals surface area contributed by atoms with E-state index in [1.807, 2.05) is 6.07 Å². The van der Waals surface area contributed by atoms with Crippen LogP contribution in [0.4, 0.5) is 0 Å². The van der Waals surface area contributed by atoms with Crippen molar-refractivity contribution in [3.8, 4) is 0 Å². The monoisotopic (exact) mass is 306 g/mol. The van der Waals surface area contributed by atoms with Gasteiger partial charge in [0.05, 0.1) is 6.10 Å². The third kappa shape index (κ3) is 5.64. The molecule has 2 atom stereocenters. The van der Waals surface area contributed by atoms with Crippen LogP contribution in [-0.4, -0.2) is 29.7 Å². The molecule has 0 spiro atoms. The van der Waals surface area contributed by atoms with Gasteiger partial charge in [0.25, 0.3) is 0 Å². The summed E-state index contributed by atoms with van der Waals surface area (Å²) in [6.45, 7) is 3.55. The topological polar surface area (TPSA) is 60.3 Å². The van der Waals surface area contributed by atoms with E-state index < -0.39 is 0 Å². The highest BCUT2D eigenvalue weighted by molar-refractivity contribution is 5.77. The molecular formula is C17H26N2O3. The van der Waals surface area contributed by atoms with Crippen molar-refractivity contribution in [1.82, 2.24) is 9.88 Å². The zero-order valence-corrected chi connectivity index (χ0v) is 13.3. The summed E-state index contributed by atoms with van der Waals surface area (Å²) in [7, 11) is 0. The van der Waals surface area contributed by atoms with Crippen LogP contribution in [0.25, 0.3) is 0 Å². The Morgan fingerprint density at radius 1 is 1.41 bits per heavy atom. The van der Waals surface area contributed by atoms with Gasteiger partial charge < -0.3 is 14.6 Å². The van der Waals surface area contributed by atoms with Crippen LogP contribution in [0.1, 0.15) is 39.0 Å². The molecule has 1 heterocycles. The minimum absolute atomic E-state index is 0.0106. The van der Waals surface area contributed by atoms with Gasteiger partial charge in [0.1, 0.15) is 6.61 Å². The highest BCUT2D eigenvalue weighted by Crippen LogP contribution is 2.25. The van der Waals surface area contributed by atoms with Crippen molar-refractivity contribution in [2.24, 2.45) is 5.92 Å². The van der Waals surface area contributed by atoms with Crippen LogP contribution < -0.4 is 10.9 Å². The number of carbonyl (C=O) groups excluding carboxylic acids is 1. The van der Waals surface area contributed by atoms with Gasteiger partial charge in [-0.3, -0.25) is 9.59 Å². The highest BCUT2D eigenvalue weighted by Gasteiger charge is 2.19. The molecule has 1 aliphatic rings. The number of amides is 1. The fraction of sp³-hybridized carbons (Fsp3) is 0.647. The van der Waals surface area contributed by atoms with Gasteiger partial charge in [-0.05, 0) is 31.2 Å². The van der Waals surface area contributed by atoms with Gasteiger partial charge in [-0.2, -0.15) is 0 Å². The first-order valence-electron chi connectivity index (χ1n) is 8.19. The van der Waals surface area contributed by atoms with Gasteiger partial charge in [-0.1, -0.05) is 25.8 Å². The summed E-state index contributed by atoms with van der Waals surface area (Å²) in [4.78, 5) is 23.2. The molecule has 0 aliphatic heterocycles. The van der Waals surface area contributed by atoms with E-state index in [0.29, 0.717) is 19.0 Å². The van der Waals surface area contributed by atoms with Crippen LogP contribution >= 0.6 is 0 Å². The van der Waals surface area contributed by atoms with E-state index in [-0.39, 0.29) is 24.2 Å². The molecule has 1 aliphatic carbocycles. The largest absolute Gasteiger partial charge is 0.368 e. The Hall–Kier alpha value is -1.62. The van der Waals surface area contributed by atoms with Crippen molar-refractivity contribution in [2.45, 2.75) is 51.7 Å². The van der Waals surface area contributed by atoms with Crippen molar-refractivity contribution in [2.75, 3.05) is 13.2 Å². The molecule has 0 unspecified atom stereocenters. The molecule has 1 fully saturated rings. The van der Waals surface area contributed by atoms with E-state index in [9.17, 15) is 9.59 Å². The molecule has 2 rings (SSSR count). The van der Waals surface area contributed by atoms with Crippen LogP contribution in [0.3, 0.4) is 0 Å². The lowest BCUT2D eigenvalue weighted by atomic mass is 9.89. The molecule has 0 saturated heterocycles. The molecule has 1 saturated carbocycles. The average Bonchev–Trinajstić information content (AvgIpc) is 2.51. The molecule has 0 radical (unpaired) electrons. The number of aromatic nitrogens is 1. The quantitative estimate of drug-likeness (QED) is 0.783. The Bertz CT molecular complexity index is 527. The Kier molecular flexibility index (Phi) is 6.65. The Morgan fingerprint density at radius 2 is 2.27 bits per heavy atom. The minimum atomic E-state index is -0.0707. The number of carbonyl (C=O) groups is 1. The predicted molar refractivity (Wildman–Crippen MR) is 85.7 cm³/mol. The van der Waals surface area contributed by atoms with Gasteiger partial charge in [-0.15, -0.1) is 0 Å². The maximum atomic E-state index is 11.7. The molecule has 0 bridgehead atoms. The van der Waals surface area contributed by atoms with Gasteiger partial charge >= 0.3 is 0 Å². The third-order valence-electron chi connectivity index (χ3n) is 4.14. The standard InChI is InChI=1S/C17H26N2O3/c1-14-6-4-7-15(12-14)22-13-16(20)18-9-5-11-19-10-3-2-8-17(19)21/h2-3,8,10,14-15H,4-7,9,11-13H2,1H3,(H,18,20)/t14-,15-/m1/s1. The van der Waals surface area contributed by atoms with E-state index in [2.05, 4.69) is 12.2 Å². The molecule has 5 nitrogen and oxygen atoms in total. The number of hydrogen-bond donors (Lipinski definition) is 1. The number of aryl methyl sites for hydroxylation is 1. The summed E-state index contributed by atoms with van der Waals surface area (Å²) in [5, 5.41) is 2.84. The smallest absolute Gasteiger partial charge is 0.250 e. The van der Waals surface area contributed by atoms with E-state index >= 15 is 0 Å². The maximum absolute atomic E-state index is 11.7. The molecule has 1 aromatic heterocycles. The molecule has 1 amide bonds. The number of ether oxygens (including phenoxy) is 1. The lowest BCUT2D eigenvalue weighted by Crippen LogP contribution is -2.32. The fourth-order valence-corrected chi connectivity index (χ4v) is 2.90. The van der Waals surface area contributed by atoms with Crippen LogP contribution in [0.15, 0.2) is 29.2 Å². The molecule has 1 N–H and O–H groups in total. The zero-order valence-electron chi connectivity index (χ0n) is 13.3. The number of hydrogen-bond acceptors (Lipinski definition) is 3. The van der Waals surface area contributed by atoms with Gasteiger partial charge in [0.15, 0.2) is 0 Å². The lowest BCUT2D eigenvalue weighted by molar-refractivity contribution is -0.128. The number of rotatable bonds is 7. The van der Waals surface area contributed by atoms with E-state index in [0.717, 1.165) is 19.3 Å². The summed E-state index contributed by atoms with van der Waals surface area (Å²) in [5.74, 6) is 0.629. The second-order valence-corrected chi connectivity index (χ2v) is 6.14. The first kappa shape index (κ1) is 16.7. The molecular weight excluding hydrogens is 280 g/mol. The number of nitrogens with one attached hydrogen (secondary N) is 1. The van der Waals surface area contributed by atoms with E-state index in [1.165, 1.54) is 18.9 Å². The van der Waals surface area contributed by atoms with Crippen molar-refractivity contribution in [3.63, 3.8) is 0 Å². The van der Waals surface area contributed by atoms with Crippen molar-refractivity contribution in [3.05, 3.63) is 34.7 Å². The molecule has 22 heavy (non-hydrogen) atoms. The maximum Gasteiger partial charge on any atom is 0.250 e.